The fourth-order valence-corrected chi connectivity index (χ4v) is 4.04. The smallest absolute Gasteiger partial charge is 0.130 e. The Balaban J connectivity index is 2.27. The maximum atomic E-state index is 12.2. The Bertz CT molecular complexity index is 410. The summed E-state index contributed by atoms with van der Waals surface area (Å²) in [5.41, 5.74) is 1.17. The van der Waals surface area contributed by atoms with Crippen molar-refractivity contribution in [3.63, 3.8) is 0 Å². The molecule has 0 spiro atoms. The van der Waals surface area contributed by atoms with Crippen LogP contribution in [0, 0.1) is 12.3 Å². The van der Waals surface area contributed by atoms with Crippen molar-refractivity contribution in [2.75, 3.05) is 0 Å². The molecule has 1 aliphatic carbocycles. The van der Waals surface area contributed by atoms with Crippen molar-refractivity contribution in [3.8, 4) is 0 Å². The molecule has 0 aromatic heterocycles. The summed E-state index contributed by atoms with van der Waals surface area (Å²) in [5.74, 6) is 0. The number of alkyl halides is 1. The molecule has 1 saturated carbocycles. The molecule has 2 unspecified atom stereocenters. The van der Waals surface area contributed by atoms with Gasteiger partial charge in [0.1, 0.15) is 4.21 Å². The molecule has 1 aromatic rings. The zero-order valence-corrected chi connectivity index (χ0v) is 10.8. The quantitative estimate of drug-likeness (QED) is 0.726. The van der Waals surface area contributed by atoms with Crippen LogP contribution in [0.2, 0.25) is 0 Å². The largest absolute Gasteiger partial charge is 0.252 e. The van der Waals surface area contributed by atoms with Crippen LogP contribution in [0.25, 0.3) is 0 Å². The van der Waals surface area contributed by atoms with Crippen LogP contribution in [0.5, 0.6) is 0 Å². The Labute approximate surface area is 98.3 Å². The normalized spacial score (nSPS) is 29.9. The topological polar surface area (TPSA) is 17.1 Å². The number of hydrogen-bond acceptors (Lipinski definition) is 1. The third-order valence-electron chi connectivity index (χ3n) is 3.08. The first-order valence-electron chi connectivity index (χ1n) is 5.04. The molecule has 0 amide bonds. The highest BCUT2D eigenvalue weighted by Crippen LogP contribution is 2.63. The average molecular weight is 243 g/mol. The monoisotopic (exact) mass is 242 g/mol. The number of hydrogen-bond donors (Lipinski definition) is 0. The fraction of sp³-hybridized carbons (Fsp3) is 0.500. The molecule has 0 bridgehead atoms. The number of benzene rings is 1. The van der Waals surface area contributed by atoms with Gasteiger partial charge in [-0.05, 0) is 30.9 Å². The molecule has 0 saturated heterocycles. The summed E-state index contributed by atoms with van der Waals surface area (Å²) < 4.78 is 11.7. The van der Waals surface area contributed by atoms with Gasteiger partial charge in [0.15, 0.2) is 0 Å². The van der Waals surface area contributed by atoms with E-state index >= 15 is 0 Å². The van der Waals surface area contributed by atoms with E-state index in [0.29, 0.717) is 0 Å². The van der Waals surface area contributed by atoms with E-state index in [1.54, 1.807) is 0 Å². The van der Waals surface area contributed by atoms with E-state index in [0.717, 1.165) is 11.3 Å². The Morgan fingerprint density at radius 1 is 1.27 bits per heavy atom. The molecule has 0 heterocycles. The highest BCUT2D eigenvalue weighted by atomic mass is 35.5. The zero-order chi connectivity index (χ0) is 11.3. The van der Waals surface area contributed by atoms with Crippen molar-refractivity contribution >= 4 is 22.4 Å². The fourth-order valence-electron chi connectivity index (χ4n) is 1.69. The average Bonchev–Trinajstić information content (AvgIpc) is 2.67. The number of rotatable bonds is 2. The summed E-state index contributed by atoms with van der Waals surface area (Å²) in [6.07, 6.45) is 0.821. The lowest BCUT2D eigenvalue weighted by Gasteiger charge is -2.12. The molecule has 3 heteroatoms. The highest BCUT2D eigenvalue weighted by molar-refractivity contribution is 7.88. The van der Waals surface area contributed by atoms with Gasteiger partial charge in [0, 0.05) is 4.90 Å². The van der Waals surface area contributed by atoms with Gasteiger partial charge in [-0.15, -0.1) is 11.6 Å². The van der Waals surface area contributed by atoms with E-state index in [2.05, 4.69) is 13.8 Å². The van der Waals surface area contributed by atoms with E-state index in [4.69, 9.17) is 11.6 Å². The third kappa shape index (κ3) is 1.74. The molecule has 82 valence electrons. The van der Waals surface area contributed by atoms with Crippen LogP contribution >= 0.6 is 11.6 Å². The predicted molar refractivity (Wildman–Crippen MR) is 64.6 cm³/mol. The summed E-state index contributed by atoms with van der Waals surface area (Å²) in [5, 5.41) is 0. The van der Waals surface area contributed by atoms with Crippen LogP contribution in [0.3, 0.4) is 0 Å². The predicted octanol–water partition coefficient (Wildman–Crippen LogP) is 3.47. The van der Waals surface area contributed by atoms with Crippen molar-refractivity contribution in [2.24, 2.45) is 5.41 Å². The summed E-state index contributed by atoms with van der Waals surface area (Å²) >= 11 is 6.36. The highest BCUT2D eigenvalue weighted by Gasteiger charge is 2.64. The second kappa shape index (κ2) is 3.33. The van der Waals surface area contributed by atoms with E-state index in [1.807, 2.05) is 31.2 Å². The van der Waals surface area contributed by atoms with Gasteiger partial charge in [0.05, 0.1) is 10.8 Å². The standard InChI is InChI=1S/C12H15ClOS/c1-9-4-6-10(7-5-9)15(14)12(13)8-11(12,2)3/h4-7H,8H2,1-3H3. The Kier molecular flexibility index (Phi) is 2.47. The van der Waals surface area contributed by atoms with E-state index in [9.17, 15) is 4.21 Å². The first kappa shape index (κ1) is 11.2. The molecular formula is C12H15ClOS. The molecule has 1 nitrogen and oxygen atoms in total. The maximum Gasteiger partial charge on any atom is 0.130 e. The second-order valence-corrected chi connectivity index (χ2v) is 7.45. The first-order chi connectivity index (χ1) is 6.87. The van der Waals surface area contributed by atoms with Crippen LogP contribution in [-0.2, 0) is 10.8 Å². The van der Waals surface area contributed by atoms with Crippen LogP contribution in [0.15, 0.2) is 29.2 Å². The van der Waals surface area contributed by atoms with Gasteiger partial charge in [0.2, 0.25) is 0 Å². The minimum Gasteiger partial charge on any atom is -0.252 e. The number of aryl methyl sites for hydroxylation is 1. The minimum absolute atomic E-state index is 0.00962. The second-order valence-electron chi connectivity index (χ2n) is 4.87. The first-order valence-corrected chi connectivity index (χ1v) is 6.57. The lowest BCUT2D eigenvalue weighted by Crippen LogP contribution is -2.15. The van der Waals surface area contributed by atoms with Gasteiger partial charge in [-0.2, -0.15) is 0 Å². The third-order valence-corrected chi connectivity index (χ3v) is 6.13. The Hall–Kier alpha value is -0.340. The van der Waals surface area contributed by atoms with Crippen LogP contribution in [0.4, 0.5) is 0 Å². The van der Waals surface area contributed by atoms with Gasteiger partial charge < -0.3 is 0 Å². The molecule has 0 N–H and O–H groups in total. The van der Waals surface area contributed by atoms with Gasteiger partial charge in [-0.3, -0.25) is 4.21 Å². The molecule has 0 radical (unpaired) electrons. The minimum atomic E-state index is -1.10. The molecule has 1 aromatic carbocycles. The van der Waals surface area contributed by atoms with Crippen molar-refractivity contribution in [3.05, 3.63) is 29.8 Å². The zero-order valence-electron chi connectivity index (χ0n) is 9.21. The van der Waals surface area contributed by atoms with Gasteiger partial charge in [-0.1, -0.05) is 31.5 Å². The summed E-state index contributed by atoms with van der Waals surface area (Å²) in [7, 11) is -1.10. The van der Waals surface area contributed by atoms with Crippen molar-refractivity contribution in [2.45, 2.75) is 36.3 Å². The number of halogens is 1. The molecule has 15 heavy (non-hydrogen) atoms. The van der Waals surface area contributed by atoms with Crippen molar-refractivity contribution in [1.29, 1.82) is 0 Å². The van der Waals surface area contributed by atoms with Crippen LogP contribution in [-0.4, -0.2) is 8.42 Å². The van der Waals surface area contributed by atoms with Gasteiger partial charge in [0.25, 0.3) is 0 Å². The van der Waals surface area contributed by atoms with E-state index < -0.39 is 15.0 Å². The van der Waals surface area contributed by atoms with Crippen molar-refractivity contribution in [1.82, 2.24) is 0 Å². The van der Waals surface area contributed by atoms with Crippen molar-refractivity contribution < 1.29 is 4.21 Å². The SMILES string of the molecule is Cc1ccc(S(=O)C2(Cl)CC2(C)C)cc1. The summed E-state index contributed by atoms with van der Waals surface area (Å²) in [4.78, 5) is 0.834. The molecule has 2 rings (SSSR count). The van der Waals surface area contributed by atoms with Gasteiger partial charge >= 0.3 is 0 Å². The Morgan fingerprint density at radius 2 is 1.73 bits per heavy atom. The molecule has 1 aliphatic rings. The van der Waals surface area contributed by atoms with E-state index in [1.165, 1.54) is 5.56 Å². The summed E-state index contributed by atoms with van der Waals surface area (Å²) in [6, 6.07) is 7.76. The lowest BCUT2D eigenvalue weighted by atomic mass is 10.2. The van der Waals surface area contributed by atoms with Gasteiger partial charge in [-0.25, -0.2) is 0 Å². The lowest BCUT2D eigenvalue weighted by molar-refractivity contribution is 0.625. The molecular weight excluding hydrogens is 228 g/mol. The molecule has 2 atom stereocenters. The maximum absolute atomic E-state index is 12.2. The summed E-state index contributed by atoms with van der Waals surface area (Å²) in [6.45, 7) is 6.14. The van der Waals surface area contributed by atoms with Crippen LogP contribution in [0.1, 0.15) is 25.8 Å². The Morgan fingerprint density at radius 3 is 2.13 bits per heavy atom. The van der Waals surface area contributed by atoms with E-state index in [-0.39, 0.29) is 5.41 Å². The molecule has 1 fully saturated rings. The molecule has 0 aliphatic heterocycles. The van der Waals surface area contributed by atoms with Crippen LogP contribution < -0.4 is 0 Å².